The van der Waals surface area contributed by atoms with Gasteiger partial charge in [0, 0.05) is 31.1 Å². The second-order valence-corrected chi connectivity index (χ2v) is 11.5. The highest BCUT2D eigenvalue weighted by Crippen LogP contribution is 2.48. The Morgan fingerprint density at radius 1 is 1.16 bits per heavy atom. The van der Waals surface area contributed by atoms with Crippen LogP contribution >= 0.6 is 0 Å². The second kappa shape index (κ2) is 10.7. The van der Waals surface area contributed by atoms with Crippen LogP contribution in [0.15, 0.2) is 28.8 Å². The summed E-state index contributed by atoms with van der Waals surface area (Å²) in [6, 6.07) is -0.588. The minimum atomic E-state index is -4.65. The van der Waals surface area contributed by atoms with Gasteiger partial charge in [-0.1, -0.05) is 6.07 Å². The summed E-state index contributed by atoms with van der Waals surface area (Å²) in [5.41, 5.74) is 0.0528. The Labute approximate surface area is 242 Å². The molecule has 3 fully saturated rings. The van der Waals surface area contributed by atoms with E-state index in [4.69, 9.17) is 4.42 Å². The molecule has 3 heterocycles. The number of halogens is 6. The SMILES string of the molecule is CCn1nccc1C(=O)NC(c1nc2c(F)c(C(C3CC3)N3CC(C(F)(F)F)NC3=O)ccc2o1)C1CCC(F)(F)CC1. The summed E-state index contributed by atoms with van der Waals surface area (Å²) in [5.74, 6) is -5.00. The molecule has 1 aliphatic heterocycles. The molecular weight excluding hydrogens is 582 g/mol. The number of alkyl halides is 5. The molecule has 3 amide bonds. The molecule has 0 radical (unpaired) electrons. The molecule has 9 nitrogen and oxygen atoms in total. The van der Waals surface area contributed by atoms with Gasteiger partial charge >= 0.3 is 12.2 Å². The summed E-state index contributed by atoms with van der Waals surface area (Å²) in [7, 11) is 0. The van der Waals surface area contributed by atoms with E-state index in [1.165, 1.54) is 29.1 Å². The third-order valence-electron chi connectivity index (χ3n) is 8.64. The monoisotopic (exact) mass is 612 g/mol. The average Bonchev–Trinajstić information content (AvgIpc) is 3.31. The first-order valence-electron chi connectivity index (χ1n) is 14.3. The maximum Gasteiger partial charge on any atom is 0.410 e. The normalized spacial score (nSPS) is 22.5. The smallest absolute Gasteiger partial charge is 0.410 e. The van der Waals surface area contributed by atoms with Crippen molar-refractivity contribution in [2.45, 2.75) is 82.2 Å². The van der Waals surface area contributed by atoms with Crippen molar-refractivity contribution in [2.24, 2.45) is 11.8 Å². The number of aryl methyl sites for hydroxylation is 1. The van der Waals surface area contributed by atoms with Crippen molar-refractivity contribution in [2.75, 3.05) is 6.54 Å². The average molecular weight is 613 g/mol. The van der Waals surface area contributed by atoms with Gasteiger partial charge in [-0.05, 0) is 56.6 Å². The van der Waals surface area contributed by atoms with Gasteiger partial charge in [0.25, 0.3) is 5.91 Å². The molecular formula is C28H30F6N6O3. The lowest BCUT2D eigenvalue weighted by molar-refractivity contribution is -0.150. The molecule has 43 heavy (non-hydrogen) atoms. The first kappa shape index (κ1) is 29.3. The Kier molecular flexibility index (Phi) is 7.32. The zero-order valence-corrected chi connectivity index (χ0v) is 23.1. The van der Waals surface area contributed by atoms with Gasteiger partial charge in [0.1, 0.15) is 23.3 Å². The number of amides is 3. The van der Waals surface area contributed by atoms with E-state index in [1.54, 1.807) is 6.92 Å². The summed E-state index contributed by atoms with van der Waals surface area (Å²) in [4.78, 5) is 31.2. The van der Waals surface area contributed by atoms with E-state index >= 15 is 4.39 Å². The number of fused-ring (bicyclic) bond motifs is 1. The van der Waals surface area contributed by atoms with Crippen LogP contribution < -0.4 is 10.6 Å². The largest absolute Gasteiger partial charge is 0.438 e. The van der Waals surface area contributed by atoms with Gasteiger partial charge in [-0.3, -0.25) is 9.48 Å². The van der Waals surface area contributed by atoms with Gasteiger partial charge < -0.3 is 20.0 Å². The number of nitrogens with one attached hydrogen (secondary N) is 2. The van der Waals surface area contributed by atoms with Crippen molar-refractivity contribution < 1.29 is 40.3 Å². The van der Waals surface area contributed by atoms with Crippen molar-refractivity contribution in [1.82, 2.24) is 30.3 Å². The van der Waals surface area contributed by atoms with Gasteiger partial charge in [0.05, 0.1) is 12.6 Å². The van der Waals surface area contributed by atoms with Crippen LogP contribution in [0.25, 0.3) is 11.1 Å². The van der Waals surface area contributed by atoms with E-state index in [2.05, 4.69) is 15.4 Å². The summed E-state index contributed by atoms with van der Waals surface area (Å²) in [6.07, 6.45) is -2.64. The Morgan fingerprint density at radius 2 is 1.88 bits per heavy atom. The van der Waals surface area contributed by atoms with Crippen LogP contribution in [0, 0.1) is 17.7 Å². The van der Waals surface area contributed by atoms with E-state index < -0.39 is 73.3 Å². The van der Waals surface area contributed by atoms with Crippen LogP contribution in [-0.2, 0) is 6.54 Å². The quantitative estimate of drug-likeness (QED) is 0.309. The fourth-order valence-corrected chi connectivity index (χ4v) is 6.20. The van der Waals surface area contributed by atoms with Crippen LogP contribution in [0.2, 0.25) is 0 Å². The number of oxazole rings is 1. The molecule has 2 aromatic heterocycles. The number of carbonyl (C=O) groups is 2. The number of rotatable bonds is 8. The van der Waals surface area contributed by atoms with E-state index in [0.717, 1.165) is 4.90 Å². The highest BCUT2D eigenvalue weighted by molar-refractivity contribution is 5.92. The number of nitrogens with zero attached hydrogens (tertiary/aromatic N) is 4. The number of hydrogen-bond acceptors (Lipinski definition) is 5. The van der Waals surface area contributed by atoms with Gasteiger partial charge in [-0.25, -0.2) is 22.9 Å². The van der Waals surface area contributed by atoms with Crippen molar-refractivity contribution in [3.05, 3.63) is 47.4 Å². The Hall–Kier alpha value is -3.78. The van der Waals surface area contributed by atoms with E-state index in [9.17, 15) is 31.5 Å². The summed E-state index contributed by atoms with van der Waals surface area (Å²) in [6.45, 7) is 1.56. The van der Waals surface area contributed by atoms with Crippen LogP contribution in [0.4, 0.5) is 31.1 Å². The molecule has 3 atom stereocenters. The Morgan fingerprint density at radius 3 is 2.51 bits per heavy atom. The van der Waals surface area contributed by atoms with Crippen molar-refractivity contribution in [3.63, 3.8) is 0 Å². The molecule has 2 aliphatic carbocycles. The van der Waals surface area contributed by atoms with Crippen LogP contribution in [0.3, 0.4) is 0 Å². The lowest BCUT2D eigenvalue weighted by Gasteiger charge is -2.32. The van der Waals surface area contributed by atoms with Gasteiger partial charge in [-0.15, -0.1) is 0 Å². The molecule has 6 rings (SSSR count). The number of carbonyl (C=O) groups excluding carboxylic acids is 2. The first-order valence-corrected chi connectivity index (χ1v) is 14.3. The molecule has 0 bridgehead atoms. The van der Waals surface area contributed by atoms with Crippen molar-refractivity contribution in [1.29, 1.82) is 0 Å². The fraction of sp³-hybridized carbons (Fsp3) is 0.571. The molecule has 0 spiro atoms. The van der Waals surface area contributed by atoms with E-state index in [0.29, 0.717) is 19.4 Å². The first-order chi connectivity index (χ1) is 20.4. The highest BCUT2D eigenvalue weighted by atomic mass is 19.4. The predicted octanol–water partition coefficient (Wildman–Crippen LogP) is 5.89. The molecule has 2 saturated carbocycles. The molecule has 3 aromatic rings. The standard InChI is InChI=1S/C28H30F6N6O3/c1-2-40-17(9-12-35-40)24(41)37-21(14-7-10-27(30,31)11-8-14)25-38-22-18(43-25)6-5-16(20(22)29)23(15-3-4-15)39-13-19(28(32,33)34)36-26(39)42/h5-6,9,12,14-15,19,21,23H,2-4,7-8,10-11,13H2,1H3,(H,36,42)(H,37,41). The second-order valence-electron chi connectivity index (χ2n) is 11.5. The van der Waals surface area contributed by atoms with Crippen molar-refractivity contribution in [3.8, 4) is 0 Å². The summed E-state index contributed by atoms with van der Waals surface area (Å²) in [5, 5.41) is 8.86. The lowest BCUT2D eigenvalue weighted by Crippen LogP contribution is -2.40. The molecule has 15 heteroatoms. The topological polar surface area (TPSA) is 105 Å². The molecule has 3 unspecified atom stereocenters. The van der Waals surface area contributed by atoms with Crippen molar-refractivity contribution >= 4 is 23.0 Å². The van der Waals surface area contributed by atoms with Crippen LogP contribution in [0.1, 0.15) is 79.5 Å². The number of urea groups is 1. The van der Waals surface area contributed by atoms with E-state index in [-0.39, 0.29) is 47.0 Å². The van der Waals surface area contributed by atoms with Gasteiger partial charge in [-0.2, -0.15) is 18.3 Å². The zero-order valence-electron chi connectivity index (χ0n) is 23.1. The minimum Gasteiger partial charge on any atom is -0.438 e. The minimum absolute atomic E-state index is 0.0116. The maximum atomic E-state index is 16.1. The number of aromatic nitrogens is 3. The fourth-order valence-electron chi connectivity index (χ4n) is 6.20. The summed E-state index contributed by atoms with van der Waals surface area (Å²) < 4.78 is 91.6. The lowest BCUT2D eigenvalue weighted by atomic mass is 9.82. The third-order valence-corrected chi connectivity index (χ3v) is 8.64. The number of benzene rings is 1. The Bertz CT molecular complexity index is 1520. The van der Waals surface area contributed by atoms with Gasteiger partial charge in [0.15, 0.2) is 11.4 Å². The molecule has 232 valence electrons. The molecule has 1 aromatic carbocycles. The van der Waals surface area contributed by atoms with Gasteiger partial charge in [0.2, 0.25) is 11.8 Å². The zero-order chi connectivity index (χ0) is 30.7. The van der Waals surface area contributed by atoms with Crippen LogP contribution in [-0.4, -0.2) is 56.3 Å². The Balaban J connectivity index is 1.34. The number of hydrogen-bond donors (Lipinski definition) is 2. The molecule has 1 saturated heterocycles. The van der Waals surface area contributed by atoms with E-state index in [1.807, 2.05) is 5.32 Å². The molecule has 2 N–H and O–H groups in total. The molecule has 3 aliphatic rings. The third kappa shape index (κ3) is 5.65. The maximum absolute atomic E-state index is 16.1. The predicted molar refractivity (Wildman–Crippen MR) is 140 cm³/mol. The van der Waals surface area contributed by atoms with Crippen LogP contribution in [0.5, 0.6) is 0 Å². The highest BCUT2D eigenvalue weighted by Gasteiger charge is 2.51. The summed E-state index contributed by atoms with van der Waals surface area (Å²) >= 11 is 0.